The third-order valence-corrected chi connectivity index (χ3v) is 3.04. The second-order valence-corrected chi connectivity index (χ2v) is 5.25. The minimum Gasteiger partial charge on any atom is -0.393 e. The molecule has 130 valence electrons. The predicted octanol–water partition coefficient (Wildman–Crippen LogP) is 3.05. The standard InChI is InChI=1S/C23H26O2/c1-2-3-4-5-6-7-8-9-10-11-12-13-14-15-16-17-18-19-20-21-23(25)22-24/h1,3-4,23-25H,5-10,15-17,22H2. The lowest BCUT2D eigenvalue weighted by Gasteiger charge is -1.94. The van der Waals surface area contributed by atoms with Crippen LogP contribution in [0.5, 0.6) is 0 Å². The summed E-state index contributed by atoms with van der Waals surface area (Å²) in [7, 11) is 0. The molecule has 0 bridgehead atoms. The van der Waals surface area contributed by atoms with E-state index in [0.717, 1.165) is 32.1 Å². The topological polar surface area (TPSA) is 40.5 Å². The Labute approximate surface area is 153 Å². The number of unbranched alkanes of at least 4 members (excludes halogenated alkanes) is 7. The summed E-state index contributed by atoms with van der Waals surface area (Å²) >= 11 is 0. The fourth-order valence-electron chi connectivity index (χ4n) is 1.73. The van der Waals surface area contributed by atoms with Crippen molar-refractivity contribution in [3.05, 3.63) is 12.2 Å². The summed E-state index contributed by atoms with van der Waals surface area (Å²) in [5.74, 6) is 24.7. The zero-order chi connectivity index (χ0) is 18.4. The van der Waals surface area contributed by atoms with Gasteiger partial charge in [-0.2, -0.15) is 0 Å². The van der Waals surface area contributed by atoms with Gasteiger partial charge in [-0.3, -0.25) is 0 Å². The van der Waals surface area contributed by atoms with Gasteiger partial charge in [0.2, 0.25) is 0 Å². The largest absolute Gasteiger partial charge is 0.393 e. The Kier molecular flexibility index (Phi) is 17.5. The summed E-state index contributed by atoms with van der Waals surface area (Å²) in [6.07, 6.45) is 16.9. The Morgan fingerprint density at radius 3 is 2.04 bits per heavy atom. The molecule has 2 nitrogen and oxygen atoms in total. The second kappa shape index (κ2) is 19.5. The second-order valence-electron chi connectivity index (χ2n) is 5.25. The molecule has 0 aromatic carbocycles. The van der Waals surface area contributed by atoms with E-state index >= 15 is 0 Å². The van der Waals surface area contributed by atoms with Crippen molar-refractivity contribution in [1.82, 2.24) is 0 Å². The molecule has 0 fully saturated rings. The van der Waals surface area contributed by atoms with Gasteiger partial charge in [0, 0.05) is 19.3 Å². The van der Waals surface area contributed by atoms with Crippen molar-refractivity contribution < 1.29 is 10.2 Å². The van der Waals surface area contributed by atoms with Crippen molar-refractivity contribution >= 4 is 0 Å². The lowest BCUT2D eigenvalue weighted by atomic mass is 10.1. The first kappa shape index (κ1) is 22.5. The Bertz CT molecular complexity index is 648. The van der Waals surface area contributed by atoms with Crippen molar-refractivity contribution in [1.29, 1.82) is 0 Å². The SMILES string of the molecule is C#CC=CCCCCCCC#CC#CCCCC#CC#CC(O)CO. The third-order valence-electron chi connectivity index (χ3n) is 3.04. The van der Waals surface area contributed by atoms with Crippen molar-refractivity contribution in [3.8, 4) is 59.7 Å². The lowest BCUT2D eigenvalue weighted by Crippen LogP contribution is -2.07. The maximum atomic E-state index is 8.97. The normalized spacial score (nSPS) is 9.96. The molecule has 25 heavy (non-hydrogen) atoms. The van der Waals surface area contributed by atoms with Crippen molar-refractivity contribution in [3.63, 3.8) is 0 Å². The van der Waals surface area contributed by atoms with Gasteiger partial charge < -0.3 is 10.2 Å². The fourth-order valence-corrected chi connectivity index (χ4v) is 1.73. The summed E-state index contributed by atoms with van der Waals surface area (Å²) in [5, 5.41) is 17.5. The molecule has 0 aliphatic rings. The maximum Gasteiger partial charge on any atom is 0.138 e. The molecule has 2 N–H and O–H groups in total. The average Bonchev–Trinajstić information content (AvgIpc) is 2.63. The smallest absolute Gasteiger partial charge is 0.138 e. The van der Waals surface area contributed by atoms with Crippen LogP contribution in [0.2, 0.25) is 0 Å². The summed E-state index contributed by atoms with van der Waals surface area (Å²) in [5.41, 5.74) is 0. The Balaban J connectivity index is 3.55. The van der Waals surface area contributed by atoms with E-state index in [2.05, 4.69) is 53.3 Å². The lowest BCUT2D eigenvalue weighted by molar-refractivity contribution is 0.138. The van der Waals surface area contributed by atoms with E-state index in [-0.39, 0.29) is 6.61 Å². The van der Waals surface area contributed by atoms with Gasteiger partial charge >= 0.3 is 0 Å². The van der Waals surface area contributed by atoms with Gasteiger partial charge in [-0.1, -0.05) is 48.5 Å². The first-order valence-electron chi connectivity index (χ1n) is 8.65. The number of aliphatic hydroxyl groups is 2. The highest BCUT2D eigenvalue weighted by Crippen LogP contribution is 2.05. The van der Waals surface area contributed by atoms with Crippen molar-refractivity contribution in [2.45, 2.75) is 63.9 Å². The molecular formula is C23H26O2. The molecule has 1 atom stereocenters. The molecule has 0 saturated carbocycles. The van der Waals surface area contributed by atoms with E-state index in [0.29, 0.717) is 6.42 Å². The molecule has 1 unspecified atom stereocenters. The summed E-state index contributed by atoms with van der Waals surface area (Å²) in [4.78, 5) is 0. The number of aliphatic hydroxyl groups excluding tert-OH is 2. The van der Waals surface area contributed by atoms with Crippen LogP contribution in [0.1, 0.15) is 57.8 Å². The van der Waals surface area contributed by atoms with Gasteiger partial charge in [0.25, 0.3) is 0 Å². The number of hydrogen-bond donors (Lipinski definition) is 2. The first-order chi connectivity index (χ1) is 12.3. The van der Waals surface area contributed by atoms with E-state index in [1.807, 2.05) is 6.08 Å². The first-order valence-corrected chi connectivity index (χ1v) is 8.65. The van der Waals surface area contributed by atoms with Crippen LogP contribution in [0.25, 0.3) is 0 Å². The molecule has 0 heterocycles. The quantitative estimate of drug-likeness (QED) is 0.503. The molecule has 2 heteroatoms. The van der Waals surface area contributed by atoms with E-state index in [1.54, 1.807) is 6.08 Å². The fraction of sp³-hybridized carbons (Fsp3) is 0.478. The number of allylic oxidation sites excluding steroid dienone is 2. The highest BCUT2D eigenvalue weighted by atomic mass is 16.3. The van der Waals surface area contributed by atoms with E-state index in [4.69, 9.17) is 16.6 Å². The molecule has 0 aromatic rings. The minimum absolute atomic E-state index is 0.365. The molecular weight excluding hydrogens is 308 g/mol. The molecule has 0 amide bonds. The summed E-state index contributed by atoms with van der Waals surface area (Å²) in [6, 6.07) is 0. The monoisotopic (exact) mass is 334 g/mol. The molecule has 0 saturated heterocycles. The van der Waals surface area contributed by atoms with Crippen molar-refractivity contribution in [2.24, 2.45) is 0 Å². The van der Waals surface area contributed by atoms with Crippen LogP contribution < -0.4 is 0 Å². The zero-order valence-corrected chi connectivity index (χ0v) is 14.8. The van der Waals surface area contributed by atoms with E-state index in [1.165, 1.54) is 19.3 Å². The van der Waals surface area contributed by atoms with Gasteiger partial charge in [0.1, 0.15) is 6.10 Å². The van der Waals surface area contributed by atoms with Gasteiger partial charge in [-0.15, -0.1) is 6.42 Å². The predicted molar refractivity (Wildman–Crippen MR) is 104 cm³/mol. The summed E-state index contributed by atoms with van der Waals surface area (Å²) < 4.78 is 0. The summed E-state index contributed by atoms with van der Waals surface area (Å²) in [6.45, 7) is -0.365. The van der Waals surface area contributed by atoms with Crippen LogP contribution in [-0.4, -0.2) is 22.9 Å². The van der Waals surface area contributed by atoms with Gasteiger partial charge in [0.05, 0.1) is 6.61 Å². The van der Waals surface area contributed by atoms with Crippen LogP contribution in [0, 0.1) is 59.7 Å². The Morgan fingerprint density at radius 1 is 0.800 bits per heavy atom. The molecule has 0 aromatic heterocycles. The van der Waals surface area contributed by atoms with Crippen LogP contribution in [0.4, 0.5) is 0 Å². The number of hydrogen-bond acceptors (Lipinski definition) is 2. The van der Waals surface area contributed by atoms with Crippen LogP contribution in [0.15, 0.2) is 12.2 Å². The highest BCUT2D eigenvalue weighted by molar-refractivity contribution is 5.27. The van der Waals surface area contributed by atoms with Crippen LogP contribution in [0.3, 0.4) is 0 Å². The Morgan fingerprint density at radius 2 is 1.40 bits per heavy atom. The molecule has 0 radical (unpaired) electrons. The highest BCUT2D eigenvalue weighted by Gasteiger charge is 1.90. The van der Waals surface area contributed by atoms with Crippen molar-refractivity contribution in [2.75, 3.05) is 6.61 Å². The van der Waals surface area contributed by atoms with E-state index in [9.17, 15) is 0 Å². The van der Waals surface area contributed by atoms with Crippen LogP contribution in [-0.2, 0) is 0 Å². The average molecular weight is 334 g/mol. The number of rotatable bonds is 9. The molecule has 0 aliphatic heterocycles. The third kappa shape index (κ3) is 19.4. The van der Waals surface area contributed by atoms with Crippen LogP contribution >= 0.6 is 0 Å². The van der Waals surface area contributed by atoms with Gasteiger partial charge in [-0.25, -0.2) is 0 Å². The maximum absolute atomic E-state index is 8.97. The minimum atomic E-state index is -1.00. The van der Waals surface area contributed by atoms with E-state index < -0.39 is 6.10 Å². The van der Waals surface area contributed by atoms with Gasteiger partial charge in [-0.05, 0) is 55.4 Å². The zero-order valence-electron chi connectivity index (χ0n) is 14.8. The molecule has 0 spiro atoms. The van der Waals surface area contributed by atoms with Gasteiger partial charge in [0.15, 0.2) is 0 Å². The number of terminal acetylenes is 1. The molecule has 0 aliphatic carbocycles. The Hall–Kier alpha value is -2.54. The molecule has 0 rings (SSSR count).